The zero-order valence-electron chi connectivity index (χ0n) is 11.4. The molecule has 0 unspecified atom stereocenters. The van der Waals surface area contributed by atoms with E-state index in [9.17, 15) is 10.1 Å². The molecule has 0 spiro atoms. The second-order valence-electron chi connectivity index (χ2n) is 4.43. The minimum atomic E-state index is -0.386. The molecule has 2 rings (SSSR count). The summed E-state index contributed by atoms with van der Waals surface area (Å²) < 4.78 is 5.62. The summed E-state index contributed by atoms with van der Waals surface area (Å²) in [4.78, 5) is 10.6. The first kappa shape index (κ1) is 14.5. The fourth-order valence-corrected chi connectivity index (χ4v) is 2.31. The van der Waals surface area contributed by atoms with E-state index in [-0.39, 0.29) is 10.6 Å². The Morgan fingerprint density at radius 3 is 2.75 bits per heavy atom. The number of aryl methyl sites for hydroxylation is 1. The van der Waals surface area contributed by atoms with E-state index >= 15 is 0 Å². The molecule has 5 nitrogen and oxygen atoms in total. The van der Waals surface area contributed by atoms with Gasteiger partial charge in [-0.25, -0.2) is 0 Å². The number of thioether (sulfide) groups is 1. The highest BCUT2D eigenvalue weighted by molar-refractivity contribution is 7.97. The van der Waals surface area contributed by atoms with Crippen molar-refractivity contribution in [2.45, 2.75) is 19.2 Å². The number of rotatable bonds is 6. The Morgan fingerprint density at radius 1 is 1.30 bits per heavy atom. The topological polar surface area (TPSA) is 68.3 Å². The number of hydrogen-bond acceptors (Lipinski definition) is 5. The standard InChI is InChI=1S/C14H16N2O3S/c1-10-3-6-14(16(17)18)13(7-10)15-8-11-4-5-12(19-11)9-20-2/h3-7,15H,8-9H2,1-2H3. The fourth-order valence-electron chi connectivity index (χ4n) is 1.87. The molecule has 0 fully saturated rings. The molecule has 1 heterocycles. The van der Waals surface area contributed by atoms with Crippen molar-refractivity contribution >= 4 is 23.1 Å². The van der Waals surface area contributed by atoms with E-state index in [1.807, 2.05) is 25.3 Å². The molecule has 2 aromatic rings. The van der Waals surface area contributed by atoms with E-state index in [4.69, 9.17) is 4.42 Å². The highest BCUT2D eigenvalue weighted by atomic mass is 32.2. The van der Waals surface area contributed by atoms with Crippen molar-refractivity contribution in [1.82, 2.24) is 0 Å². The predicted molar refractivity (Wildman–Crippen MR) is 81.1 cm³/mol. The van der Waals surface area contributed by atoms with Crippen LogP contribution in [0, 0.1) is 17.0 Å². The van der Waals surface area contributed by atoms with Gasteiger partial charge in [0, 0.05) is 6.07 Å². The maximum absolute atomic E-state index is 11.0. The quantitative estimate of drug-likeness (QED) is 0.644. The van der Waals surface area contributed by atoms with Gasteiger partial charge in [-0.1, -0.05) is 6.07 Å². The Labute approximate surface area is 121 Å². The average molecular weight is 292 g/mol. The Bertz CT molecular complexity index is 610. The van der Waals surface area contributed by atoms with Gasteiger partial charge in [0.15, 0.2) is 0 Å². The number of benzene rings is 1. The number of nitro benzene ring substituents is 1. The number of nitro groups is 1. The predicted octanol–water partition coefficient (Wildman–Crippen LogP) is 3.97. The van der Waals surface area contributed by atoms with Crippen molar-refractivity contribution in [1.29, 1.82) is 0 Å². The van der Waals surface area contributed by atoms with Crippen LogP contribution in [0.1, 0.15) is 17.1 Å². The summed E-state index contributed by atoms with van der Waals surface area (Å²) in [6.45, 7) is 2.33. The second kappa shape index (κ2) is 6.47. The van der Waals surface area contributed by atoms with Crippen LogP contribution in [0.15, 0.2) is 34.7 Å². The van der Waals surface area contributed by atoms with Gasteiger partial charge >= 0.3 is 0 Å². The molecule has 0 saturated heterocycles. The van der Waals surface area contributed by atoms with Gasteiger partial charge in [-0.2, -0.15) is 11.8 Å². The van der Waals surface area contributed by atoms with Crippen LogP contribution in [0.25, 0.3) is 0 Å². The maximum Gasteiger partial charge on any atom is 0.292 e. The van der Waals surface area contributed by atoms with Crippen LogP contribution in [-0.4, -0.2) is 11.2 Å². The van der Waals surface area contributed by atoms with Crippen molar-refractivity contribution in [3.05, 3.63) is 57.5 Å². The van der Waals surface area contributed by atoms with Gasteiger partial charge in [-0.05, 0) is 36.9 Å². The molecule has 106 valence electrons. The molecule has 0 amide bonds. The van der Waals surface area contributed by atoms with Gasteiger partial charge in [-0.3, -0.25) is 10.1 Å². The van der Waals surface area contributed by atoms with Crippen LogP contribution in [0.3, 0.4) is 0 Å². The number of anilines is 1. The van der Waals surface area contributed by atoms with Gasteiger partial charge in [-0.15, -0.1) is 0 Å². The van der Waals surface area contributed by atoms with Crippen molar-refractivity contribution in [2.24, 2.45) is 0 Å². The third kappa shape index (κ3) is 3.54. The third-order valence-corrected chi connectivity index (χ3v) is 3.38. The molecule has 0 bridgehead atoms. The van der Waals surface area contributed by atoms with Crippen LogP contribution < -0.4 is 5.32 Å². The number of nitrogens with zero attached hydrogens (tertiary/aromatic N) is 1. The maximum atomic E-state index is 11.0. The van der Waals surface area contributed by atoms with Gasteiger partial charge in [0.1, 0.15) is 17.2 Å². The highest BCUT2D eigenvalue weighted by Gasteiger charge is 2.13. The van der Waals surface area contributed by atoms with Crippen molar-refractivity contribution in [3.63, 3.8) is 0 Å². The average Bonchev–Trinajstić information content (AvgIpc) is 2.84. The molecule has 6 heteroatoms. The molecule has 20 heavy (non-hydrogen) atoms. The Hall–Kier alpha value is -1.95. The molecule has 0 radical (unpaired) electrons. The van der Waals surface area contributed by atoms with Crippen molar-refractivity contribution in [3.8, 4) is 0 Å². The van der Waals surface area contributed by atoms with Crippen molar-refractivity contribution in [2.75, 3.05) is 11.6 Å². The lowest BCUT2D eigenvalue weighted by atomic mass is 10.2. The molecule has 1 aromatic carbocycles. The van der Waals surface area contributed by atoms with Crippen LogP contribution >= 0.6 is 11.8 Å². The zero-order chi connectivity index (χ0) is 14.5. The first-order valence-corrected chi connectivity index (χ1v) is 7.55. The van der Waals surface area contributed by atoms with Crippen LogP contribution in [0.4, 0.5) is 11.4 Å². The molecule has 0 atom stereocenters. The smallest absolute Gasteiger partial charge is 0.292 e. The van der Waals surface area contributed by atoms with Crippen LogP contribution in [0.2, 0.25) is 0 Å². The molecule has 0 aliphatic carbocycles. The van der Waals surface area contributed by atoms with Gasteiger partial charge in [0.25, 0.3) is 5.69 Å². The second-order valence-corrected chi connectivity index (χ2v) is 5.30. The minimum Gasteiger partial charge on any atom is -0.463 e. The summed E-state index contributed by atoms with van der Waals surface area (Å²) in [5.74, 6) is 2.50. The van der Waals surface area contributed by atoms with Gasteiger partial charge < -0.3 is 9.73 Å². The van der Waals surface area contributed by atoms with E-state index in [0.717, 1.165) is 22.8 Å². The van der Waals surface area contributed by atoms with E-state index < -0.39 is 0 Å². The molecule has 0 aliphatic heterocycles. The lowest BCUT2D eigenvalue weighted by molar-refractivity contribution is -0.384. The van der Waals surface area contributed by atoms with E-state index in [0.29, 0.717) is 12.2 Å². The minimum absolute atomic E-state index is 0.0755. The molecule has 1 aromatic heterocycles. The molecular formula is C14H16N2O3S. The van der Waals surface area contributed by atoms with Crippen molar-refractivity contribution < 1.29 is 9.34 Å². The first-order valence-electron chi connectivity index (χ1n) is 6.15. The zero-order valence-corrected chi connectivity index (χ0v) is 12.2. The largest absolute Gasteiger partial charge is 0.463 e. The summed E-state index contributed by atoms with van der Waals surface area (Å²) >= 11 is 1.69. The normalized spacial score (nSPS) is 10.5. The Morgan fingerprint density at radius 2 is 2.05 bits per heavy atom. The SMILES string of the molecule is CSCc1ccc(CNc2cc(C)ccc2[N+](=O)[O-])o1. The molecule has 1 N–H and O–H groups in total. The fraction of sp³-hybridized carbons (Fsp3) is 0.286. The lowest BCUT2D eigenvalue weighted by Gasteiger charge is -2.06. The molecule has 0 saturated carbocycles. The van der Waals surface area contributed by atoms with E-state index in [1.54, 1.807) is 23.9 Å². The molecule has 0 aliphatic rings. The number of hydrogen-bond donors (Lipinski definition) is 1. The summed E-state index contributed by atoms with van der Waals surface area (Å²) in [5.41, 5.74) is 1.56. The molecular weight excluding hydrogens is 276 g/mol. The van der Waals surface area contributed by atoms with Crippen LogP contribution in [-0.2, 0) is 12.3 Å². The lowest BCUT2D eigenvalue weighted by Crippen LogP contribution is -2.02. The van der Waals surface area contributed by atoms with E-state index in [2.05, 4.69) is 5.32 Å². The highest BCUT2D eigenvalue weighted by Crippen LogP contribution is 2.26. The Balaban J connectivity index is 2.09. The number of furan rings is 1. The monoisotopic (exact) mass is 292 g/mol. The van der Waals surface area contributed by atoms with Gasteiger partial charge in [0.05, 0.1) is 17.2 Å². The Kier molecular flexibility index (Phi) is 4.68. The van der Waals surface area contributed by atoms with Crippen LogP contribution in [0.5, 0.6) is 0 Å². The number of nitrogens with one attached hydrogen (secondary N) is 1. The summed E-state index contributed by atoms with van der Waals surface area (Å²) in [6, 6.07) is 8.83. The summed E-state index contributed by atoms with van der Waals surface area (Å²) in [7, 11) is 0. The summed E-state index contributed by atoms with van der Waals surface area (Å²) in [6.07, 6.45) is 2.01. The third-order valence-electron chi connectivity index (χ3n) is 2.81. The first-order chi connectivity index (χ1) is 9.60. The van der Waals surface area contributed by atoms with E-state index in [1.165, 1.54) is 6.07 Å². The summed E-state index contributed by atoms with van der Waals surface area (Å²) in [5, 5.41) is 14.0. The van der Waals surface area contributed by atoms with Gasteiger partial charge in [0.2, 0.25) is 0 Å².